The van der Waals surface area contributed by atoms with Crippen LogP contribution in [0.2, 0.25) is 0 Å². The van der Waals surface area contributed by atoms with Gasteiger partial charge in [-0.2, -0.15) is 0 Å². The molecule has 0 aliphatic heterocycles. The molecule has 1 atom stereocenters. The van der Waals surface area contributed by atoms with E-state index in [0.717, 1.165) is 12.1 Å². The number of aromatic nitrogens is 2. The van der Waals surface area contributed by atoms with Crippen LogP contribution in [0.4, 0.5) is 0 Å². The van der Waals surface area contributed by atoms with Gasteiger partial charge in [-0.3, -0.25) is 0 Å². The van der Waals surface area contributed by atoms with Crippen molar-refractivity contribution < 1.29 is 4.79 Å². The van der Waals surface area contributed by atoms with Gasteiger partial charge in [0.2, 0.25) is 0 Å². The topological polar surface area (TPSA) is 34.9 Å². The van der Waals surface area contributed by atoms with Crippen LogP contribution in [-0.4, -0.2) is 15.6 Å². The van der Waals surface area contributed by atoms with E-state index >= 15 is 0 Å². The SMILES string of the molecule is O=CCc1nccn1P. The summed E-state index contributed by atoms with van der Waals surface area (Å²) in [7, 11) is 2.44. The molecule has 1 rings (SSSR count). The van der Waals surface area contributed by atoms with Crippen molar-refractivity contribution in [2.45, 2.75) is 6.42 Å². The molecule has 1 aromatic rings. The van der Waals surface area contributed by atoms with Crippen molar-refractivity contribution in [1.29, 1.82) is 0 Å². The third-order valence-electron chi connectivity index (χ3n) is 1.01. The van der Waals surface area contributed by atoms with Crippen molar-refractivity contribution in [3.63, 3.8) is 0 Å². The first-order valence-corrected chi connectivity index (χ1v) is 3.07. The van der Waals surface area contributed by atoms with Crippen LogP contribution in [0.5, 0.6) is 0 Å². The van der Waals surface area contributed by atoms with Crippen molar-refractivity contribution in [3.8, 4) is 0 Å². The van der Waals surface area contributed by atoms with Crippen LogP contribution in [0.1, 0.15) is 5.82 Å². The second-order valence-corrected chi connectivity index (χ2v) is 2.18. The van der Waals surface area contributed by atoms with E-state index in [1.807, 2.05) is 0 Å². The second kappa shape index (κ2) is 2.74. The Kier molecular flexibility index (Phi) is 1.96. The molecule has 0 aromatic carbocycles. The molecule has 0 radical (unpaired) electrons. The minimum absolute atomic E-state index is 0.385. The number of aldehydes is 1. The molecule has 0 spiro atoms. The third kappa shape index (κ3) is 1.36. The van der Waals surface area contributed by atoms with Crippen molar-refractivity contribution in [1.82, 2.24) is 9.32 Å². The molecule has 48 valence electrons. The number of carbonyl (C=O) groups excluding carboxylic acids is 1. The van der Waals surface area contributed by atoms with E-state index in [1.54, 1.807) is 16.7 Å². The van der Waals surface area contributed by atoms with Gasteiger partial charge in [-0.1, -0.05) is 0 Å². The van der Waals surface area contributed by atoms with E-state index in [2.05, 4.69) is 14.4 Å². The number of rotatable bonds is 2. The molecule has 0 fully saturated rings. The fraction of sp³-hybridized carbons (Fsp3) is 0.200. The first-order valence-electron chi connectivity index (χ1n) is 2.55. The normalized spacial score (nSPS) is 9.44. The fourth-order valence-corrected chi connectivity index (χ4v) is 0.826. The summed E-state index contributed by atoms with van der Waals surface area (Å²) in [6.45, 7) is 0. The van der Waals surface area contributed by atoms with E-state index in [1.165, 1.54) is 0 Å². The lowest BCUT2D eigenvalue weighted by Gasteiger charge is -1.91. The quantitative estimate of drug-likeness (QED) is 0.438. The Morgan fingerprint density at radius 3 is 3.11 bits per heavy atom. The zero-order chi connectivity index (χ0) is 6.69. The highest BCUT2D eigenvalue weighted by Crippen LogP contribution is 2.00. The van der Waals surface area contributed by atoms with E-state index in [-0.39, 0.29) is 0 Å². The average molecular weight is 142 g/mol. The van der Waals surface area contributed by atoms with Crippen molar-refractivity contribution in [3.05, 3.63) is 18.2 Å². The zero-order valence-corrected chi connectivity index (χ0v) is 5.97. The van der Waals surface area contributed by atoms with Crippen molar-refractivity contribution >= 4 is 15.7 Å². The Morgan fingerprint density at radius 2 is 2.67 bits per heavy atom. The smallest absolute Gasteiger partial charge is 0.127 e. The molecule has 0 aliphatic carbocycles. The number of hydrogen-bond acceptors (Lipinski definition) is 2. The molecule has 0 N–H and O–H groups in total. The van der Waals surface area contributed by atoms with Crippen LogP contribution in [0.25, 0.3) is 0 Å². The lowest BCUT2D eigenvalue weighted by Crippen LogP contribution is -1.92. The third-order valence-corrected chi connectivity index (χ3v) is 1.48. The summed E-state index contributed by atoms with van der Waals surface area (Å²) in [5.74, 6) is 0.773. The molecule has 0 saturated heterocycles. The van der Waals surface area contributed by atoms with Crippen LogP contribution in [0.3, 0.4) is 0 Å². The summed E-state index contributed by atoms with van der Waals surface area (Å²) in [6.07, 6.45) is 4.66. The number of carbonyl (C=O) groups is 1. The van der Waals surface area contributed by atoms with Gasteiger partial charge in [0.15, 0.2) is 0 Å². The highest BCUT2D eigenvalue weighted by molar-refractivity contribution is 7.14. The maximum Gasteiger partial charge on any atom is 0.127 e. The van der Waals surface area contributed by atoms with Crippen LogP contribution >= 0.6 is 9.39 Å². The molecule has 9 heavy (non-hydrogen) atoms. The number of hydrogen-bond donors (Lipinski definition) is 0. The van der Waals surface area contributed by atoms with E-state index in [4.69, 9.17) is 0 Å². The zero-order valence-electron chi connectivity index (χ0n) is 4.82. The highest BCUT2D eigenvalue weighted by Gasteiger charge is 1.94. The Balaban J connectivity index is 2.80. The minimum atomic E-state index is 0.385. The van der Waals surface area contributed by atoms with Crippen molar-refractivity contribution in [2.24, 2.45) is 0 Å². The van der Waals surface area contributed by atoms with Crippen LogP contribution < -0.4 is 0 Å². The first kappa shape index (κ1) is 6.43. The first-order chi connectivity index (χ1) is 4.34. The number of nitrogens with zero attached hydrogens (tertiary/aromatic N) is 2. The van der Waals surface area contributed by atoms with Crippen LogP contribution in [0.15, 0.2) is 12.4 Å². The van der Waals surface area contributed by atoms with Gasteiger partial charge in [0.05, 0.1) is 6.42 Å². The summed E-state index contributed by atoms with van der Waals surface area (Å²) in [5.41, 5.74) is 0. The summed E-state index contributed by atoms with van der Waals surface area (Å²) < 4.78 is 1.74. The van der Waals surface area contributed by atoms with Gasteiger partial charge in [0.25, 0.3) is 0 Å². The molecule has 0 saturated carbocycles. The minimum Gasteiger partial charge on any atom is -0.319 e. The molecule has 0 bridgehead atoms. The highest BCUT2D eigenvalue weighted by atomic mass is 31.0. The van der Waals surface area contributed by atoms with Gasteiger partial charge >= 0.3 is 0 Å². The van der Waals surface area contributed by atoms with Crippen molar-refractivity contribution in [2.75, 3.05) is 0 Å². The molecule has 3 nitrogen and oxygen atoms in total. The van der Waals surface area contributed by atoms with Gasteiger partial charge in [-0.15, -0.1) is 0 Å². The molecule has 0 amide bonds. The van der Waals surface area contributed by atoms with Gasteiger partial charge in [-0.05, 0) is 9.39 Å². The molecular formula is C5H7N2OP. The molecule has 0 aliphatic rings. The Labute approximate surface area is 55.3 Å². The lowest BCUT2D eigenvalue weighted by atomic mass is 10.5. The standard InChI is InChI=1S/C5H7N2OP/c8-4-1-5-6-2-3-7(5)9/h2-4H,1,9H2. The molecule has 1 aromatic heterocycles. The molecular weight excluding hydrogens is 135 g/mol. The Hall–Kier alpha value is -0.690. The Morgan fingerprint density at radius 1 is 1.89 bits per heavy atom. The predicted octanol–water partition coefficient (Wildman–Crippen LogP) is 0.263. The summed E-state index contributed by atoms with van der Waals surface area (Å²) in [4.78, 5) is 13.9. The molecule has 1 unspecified atom stereocenters. The van der Waals surface area contributed by atoms with E-state index < -0.39 is 0 Å². The van der Waals surface area contributed by atoms with E-state index in [9.17, 15) is 4.79 Å². The molecule has 4 heteroatoms. The van der Waals surface area contributed by atoms with Gasteiger partial charge in [0.1, 0.15) is 12.1 Å². The largest absolute Gasteiger partial charge is 0.319 e. The van der Waals surface area contributed by atoms with Crippen LogP contribution in [-0.2, 0) is 11.2 Å². The van der Waals surface area contributed by atoms with E-state index in [0.29, 0.717) is 6.42 Å². The second-order valence-electron chi connectivity index (χ2n) is 1.62. The summed E-state index contributed by atoms with van der Waals surface area (Å²) >= 11 is 0. The fourth-order valence-electron chi connectivity index (χ4n) is 0.577. The monoisotopic (exact) mass is 142 g/mol. The van der Waals surface area contributed by atoms with Crippen LogP contribution in [0, 0.1) is 0 Å². The number of imidazole rings is 1. The summed E-state index contributed by atoms with van der Waals surface area (Å²) in [5, 5.41) is 0. The average Bonchev–Trinajstić information content (AvgIpc) is 2.18. The Bertz CT molecular complexity index is 208. The lowest BCUT2D eigenvalue weighted by molar-refractivity contribution is -0.107. The maximum atomic E-state index is 9.96. The maximum absolute atomic E-state index is 9.96. The molecule has 1 heterocycles. The summed E-state index contributed by atoms with van der Waals surface area (Å²) in [6, 6.07) is 0. The van der Waals surface area contributed by atoms with Gasteiger partial charge < -0.3 is 9.13 Å². The van der Waals surface area contributed by atoms with Gasteiger partial charge in [-0.25, -0.2) is 4.98 Å². The van der Waals surface area contributed by atoms with Gasteiger partial charge in [0, 0.05) is 12.4 Å². The predicted molar refractivity (Wildman–Crippen MR) is 37.1 cm³/mol.